The van der Waals surface area contributed by atoms with Crippen LogP contribution < -0.4 is 5.43 Å². The second-order valence-electron chi connectivity index (χ2n) is 4.78. The lowest BCUT2D eigenvalue weighted by atomic mass is 10.1. The van der Waals surface area contributed by atoms with Gasteiger partial charge in [0.15, 0.2) is 9.84 Å². The van der Waals surface area contributed by atoms with E-state index in [1.165, 1.54) is 0 Å². The van der Waals surface area contributed by atoms with Gasteiger partial charge in [-0.25, -0.2) is 13.8 Å². The average molecular weight is 359 g/mol. The Bertz CT molecular complexity index is 638. The molecule has 1 aliphatic heterocycles. The number of hydrogen-bond donors (Lipinski definition) is 1. The molecule has 0 unspecified atom stereocenters. The summed E-state index contributed by atoms with van der Waals surface area (Å²) in [6.45, 7) is 1.79. The van der Waals surface area contributed by atoms with E-state index in [2.05, 4.69) is 26.5 Å². The highest BCUT2D eigenvalue weighted by atomic mass is 79.9. The van der Waals surface area contributed by atoms with Crippen LogP contribution in [0.2, 0.25) is 0 Å². The number of nitrogens with one attached hydrogen (secondary N) is 1. The minimum Gasteiger partial charge on any atom is -0.273 e. The van der Waals surface area contributed by atoms with Gasteiger partial charge >= 0.3 is 0 Å². The molecule has 0 bridgehead atoms. The van der Waals surface area contributed by atoms with E-state index in [4.69, 9.17) is 0 Å². The Balaban J connectivity index is 1.98. The van der Waals surface area contributed by atoms with E-state index in [1.54, 1.807) is 6.92 Å². The Morgan fingerprint density at radius 2 is 2.00 bits per heavy atom. The van der Waals surface area contributed by atoms with Gasteiger partial charge in [0.2, 0.25) is 5.91 Å². The number of rotatable bonds is 3. The molecule has 0 aliphatic carbocycles. The van der Waals surface area contributed by atoms with Crippen molar-refractivity contribution in [3.63, 3.8) is 0 Å². The first-order valence-corrected chi connectivity index (χ1v) is 8.79. The molecule has 1 saturated heterocycles. The number of amides is 1. The zero-order valence-corrected chi connectivity index (χ0v) is 13.4. The van der Waals surface area contributed by atoms with E-state index >= 15 is 0 Å². The van der Waals surface area contributed by atoms with Crippen molar-refractivity contribution in [3.8, 4) is 0 Å². The fraction of sp³-hybridized carbons (Fsp3) is 0.385. The Labute approximate surface area is 126 Å². The molecule has 1 aromatic carbocycles. The zero-order valence-electron chi connectivity index (χ0n) is 11.0. The Morgan fingerprint density at radius 3 is 2.55 bits per heavy atom. The van der Waals surface area contributed by atoms with Crippen LogP contribution in [0.5, 0.6) is 0 Å². The predicted octanol–water partition coefficient (Wildman–Crippen LogP) is 1.72. The summed E-state index contributed by atoms with van der Waals surface area (Å²) in [5, 5.41) is 4.02. The quantitative estimate of drug-likeness (QED) is 0.660. The summed E-state index contributed by atoms with van der Waals surface area (Å²) in [5.74, 6) is -0.810. The maximum atomic E-state index is 11.8. The Kier molecular flexibility index (Phi) is 4.59. The monoisotopic (exact) mass is 358 g/mol. The lowest BCUT2D eigenvalue weighted by molar-refractivity contribution is -0.124. The van der Waals surface area contributed by atoms with Gasteiger partial charge in [0, 0.05) is 4.47 Å². The number of hydrogen-bond acceptors (Lipinski definition) is 4. The molecule has 1 amide bonds. The van der Waals surface area contributed by atoms with Crippen LogP contribution in [0, 0.1) is 5.92 Å². The first-order chi connectivity index (χ1) is 9.37. The summed E-state index contributed by atoms with van der Waals surface area (Å²) in [5.41, 5.74) is 4.02. The molecular formula is C13H15BrN2O3S. The number of hydrazone groups is 1. The van der Waals surface area contributed by atoms with Crippen molar-refractivity contribution in [2.24, 2.45) is 11.0 Å². The Hall–Kier alpha value is -1.21. The normalized spacial score (nSPS) is 21.7. The molecular weight excluding hydrogens is 344 g/mol. The number of halogens is 1. The molecule has 0 saturated carbocycles. The average Bonchev–Trinajstić information content (AvgIpc) is 2.77. The fourth-order valence-corrected chi connectivity index (χ4v) is 3.99. The summed E-state index contributed by atoms with van der Waals surface area (Å²) < 4.78 is 23.6. The van der Waals surface area contributed by atoms with Gasteiger partial charge in [-0.05, 0) is 31.0 Å². The van der Waals surface area contributed by atoms with Crippen molar-refractivity contribution in [2.75, 3.05) is 11.5 Å². The highest BCUT2D eigenvalue weighted by molar-refractivity contribution is 9.10. The summed E-state index contributed by atoms with van der Waals surface area (Å²) in [7, 11) is -3.05. The van der Waals surface area contributed by atoms with Gasteiger partial charge in [-0.15, -0.1) is 0 Å². The third kappa shape index (κ3) is 3.89. The number of sulfone groups is 1. The number of benzene rings is 1. The van der Waals surface area contributed by atoms with Gasteiger partial charge in [0.05, 0.1) is 23.1 Å². The summed E-state index contributed by atoms with van der Waals surface area (Å²) in [6, 6.07) is 7.55. The molecule has 1 heterocycles. The van der Waals surface area contributed by atoms with Crippen LogP contribution in [0.3, 0.4) is 0 Å². The van der Waals surface area contributed by atoms with E-state index in [-0.39, 0.29) is 17.4 Å². The van der Waals surface area contributed by atoms with E-state index in [0.29, 0.717) is 12.1 Å². The molecule has 0 spiro atoms. The maximum Gasteiger partial charge on any atom is 0.244 e. The zero-order chi connectivity index (χ0) is 14.8. The number of carbonyl (C=O) groups is 1. The molecule has 20 heavy (non-hydrogen) atoms. The summed E-state index contributed by atoms with van der Waals surface area (Å²) >= 11 is 3.35. The van der Waals surface area contributed by atoms with Crippen LogP contribution in [0.15, 0.2) is 33.8 Å². The highest BCUT2D eigenvalue weighted by Gasteiger charge is 2.32. The first-order valence-electron chi connectivity index (χ1n) is 6.18. The largest absolute Gasteiger partial charge is 0.273 e. The van der Waals surface area contributed by atoms with Gasteiger partial charge < -0.3 is 0 Å². The second kappa shape index (κ2) is 6.05. The molecule has 7 heteroatoms. The maximum absolute atomic E-state index is 11.8. The van der Waals surface area contributed by atoms with Crippen LogP contribution in [0.1, 0.15) is 18.9 Å². The van der Waals surface area contributed by atoms with Gasteiger partial charge in [0.1, 0.15) is 0 Å². The molecule has 1 fully saturated rings. The number of nitrogens with zero attached hydrogens (tertiary/aromatic N) is 1. The smallest absolute Gasteiger partial charge is 0.244 e. The van der Waals surface area contributed by atoms with Crippen molar-refractivity contribution in [2.45, 2.75) is 13.3 Å². The summed E-state index contributed by atoms with van der Waals surface area (Å²) in [6.07, 6.45) is 0.376. The van der Waals surface area contributed by atoms with Gasteiger partial charge in [-0.1, -0.05) is 28.1 Å². The van der Waals surface area contributed by atoms with Crippen molar-refractivity contribution in [1.82, 2.24) is 5.43 Å². The van der Waals surface area contributed by atoms with Crippen LogP contribution in [-0.4, -0.2) is 31.5 Å². The lowest BCUT2D eigenvalue weighted by Gasteiger charge is -2.06. The van der Waals surface area contributed by atoms with E-state index in [0.717, 1.165) is 10.0 Å². The van der Waals surface area contributed by atoms with Crippen molar-refractivity contribution in [3.05, 3.63) is 34.3 Å². The SMILES string of the molecule is C/C(=N/NC(=O)[C@H]1CCS(=O)(=O)C1)c1ccc(Br)cc1. The Morgan fingerprint density at radius 1 is 1.35 bits per heavy atom. The fourth-order valence-electron chi connectivity index (χ4n) is 1.99. The molecule has 1 aliphatic rings. The molecule has 2 rings (SSSR count). The molecule has 5 nitrogen and oxygen atoms in total. The molecule has 0 aromatic heterocycles. The van der Waals surface area contributed by atoms with Crippen LogP contribution in [-0.2, 0) is 14.6 Å². The topological polar surface area (TPSA) is 75.6 Å². The second-order valence-corrected chi connectivity index (χ2v) is 7.92. The van der Waals surface area contributed by atoms with Gasteiger partial charge in [-0.3, -0.25) is 4.79 Å². The molecule has 1 atom stereocenters. The first kappa shape index (κ1) is 15.2. The van der Waals surface area contributed by atoms with Crippen LogP contribution in [0.25, 0.3) is 0 Å². The van der Waals surface area contributed by atoms with Crippen molar-refractivity contribution >= 4 is 37.4 Å². The molecule has 1 N–H and O–H groups in total. The third-order valence-electron chi connectivity index (χ3n) is 3.20. The van der Waals surface area contributed by atoms with Crippen LogP contribution >= 0.6 is 15.9 Å². The van der Waals surface area contributed by atoms with E-state index in [1.807, 2.05) is 24.3 Å². The van der Waals surface area contributed by atoms with Gasteiger partial charge in [-0.2, -0.15) is 5.10 Å². The number of carbonyl (C=O) groups excluding carboxylic acids is 1. The van der Waals surface area contributed by atoms with Crippen molar-refractivity contribution < 1.29 is 13.2 Å². The summed E-state index contributed by atoms with van der Waals surface area (Å²) in [4.78, 5) is 11.8. The minimum absolute atomic E-state index is 0.0777. The van der Waals surface area contributed by atoms with Gasteiger partial charge in [0.25, 0.3) is 0 Å². The van der Waals surface area contributed by atoms with Crippen LogP contribution in [0.4, 0.5) is 0 Å². The van der Waals surface area contributed by atoms with E-state index < -0.39 is 15.8 Å². The standard InChI is InChI=1S/C13H15BrN2O3S/c1-9(10-2-4-12(14)5-3-10)15-16-13(17)11-6-7-20(18,19)8-11/h2-5,11H,6-8H2,1H3,(H,16,17)/b15-9-/t11-/m0/s1. The third-order valence-corrected chi connectivity index (χ3v) is 5.50. The highest BCUT2D eigenvalue weighted by Crippen LogP contribution is 2.18. The van der Waals surface area contributed by atoms with Crippen molar-refractivity contribution in [1.29, 1.82) is 0 Å². The van der Waals surface area contributed by atoms with E-state index in [9.17, 15) is 13.2 Å². The minimum atomic E-state index is -3.05. The molecule has 0 radical (unpaired) electrons. The predicted molar refractivity (Wildman–Crippen MR) is 81.3 cm³/mol. The molecule has 108 valence electrons. The lowest BCUT2D eigenvalue weighted by Crippen LogP contribution is -2.28. The molecule has 1 aromatic rings.